The lowest BCUT2D eigenvalue weighted by atomic mass is 9.77. The summed E-state index contributed by atoms with van der Waals surface area (Å²) in [5.74, 6) is 0.670. The number of rotatable bonds is 5. The van der Waals surface area contributed by atoms with Crippen molar-refractivity contribution in [3.05, 3.63) is 34.3 Å². The van der Waals surface area contributed by atoms with Crippen molar-refractivity contribution in [3.8, 4) is 0 Å². The molecule has 1 aromatic rings. The Morgan fingerprint density at radius 2 is 1.76 bits per heavy atom. The average Bonchev–Trinajstić information content (AvgIpc) is 2.25. The molecule has 1 unspecified atom stereocenters. The average molecular weight is 298 g/mol. The Morgan fingerprint density at radius 1 is 1.18 bits per heavy atom. The first-order valence-electron chi connectivity index (χ1n) is 6.38. The molecular weight excluding hydrogens is 274 g/mol. The summed E-state index contributed by atoms with van der Waals surface area (Å²) in [6.45, 7) is 11.3. The second-order valence-electron chi connectivity index (χ2n) is 5.70. The topological polar surface area (TPSA) is 12.0 Å². The molecule has 0 heterocycles. The van der Waals surface area contributed by atoms with Gasteiger partial charge in [0.05, 0.1) is 0 Å². The van der Waals surface area contributed by atoms with Gasteiger partial charge in [-0.05, 0) is 48.5 Å². The Morgan fingerprint density at radius 3 is 2.24 bits per heavy atom. The van der Waals surface area contributed by atoms with E-state index in [1.807, 2.05) is 0 Å². The van der Waals surface area contributed by atoms with Crippen LogP contribution in [0.25, 0.3) is 0 Å². The summed E-state index contributed by atoms with van der Waals surface area (Å²) in [7, 11) is 0. The van der Waals surface area contributed by atoms with Crippen LogP contribution in [0, 0.1) is 11.3 Å². The Kier molecular flexibility index (Phi) is 5.68. The van der Waals surface area contributed by atoms with E-state index in [-0.39, 0.29) is 0 Å². The van der Waals surface area contributed by atoms with Gasteiger partial charge >= 0.3 is 0 Å². The molecule has 1 N–H and O–H groups in total. The summed E-state index contributed by atoms with van der Waals surface area (Å²) >= 11 is 3.48. The highest BCUT2D eigenvalue weighted by molar-refractivity contribution is 9.10. The van der Waals surface area contributed by atoms with Gasteiger partial charge in [0.1, 0.15) is 0 Å². The lowest BCUT2D eigenvalue weighted by molar-refractivity contribution is 0.232. The maximum Gasteiger partial charge on any atom is 0.0175 e. The van der Waals surface area contributed by atoms with Gasteiger partial charge in [-0.15, -0.1) is 0 Å². The van der Waals surface area contributed by atoms with Crippen LogP contribution in [0.3, 0.4) is 0 Å². The number of benzene rings is 1. The lowest BCUT2D eigenvalue weighted by Crippen LogP contribution is -2.33. The SMILES string of the molecule is CCNCC(Cc1ccc(Br)cc1)C(C)(C)C. The summed E-state index contributed by atoms with van der Waals surface area (Å²) < 4.78 is 1.15. The zero-order chi connectivity index (χ0) is 12.9. The highest BCUT2D eigenvalue weighted by Crippen LogP contribution is 2.29. The molecule has 0 aromatic heterocycles. The summed E-state index contributed by atoms with van der Waals surface area (Å²) in [6.07, 6.45) is 1.14. The van der Waals surface area contributed by atoms with E-state index in [0.29, 0.717) is 11.3 Å². The van der Waals surface area contributed by atoms with Crippen molar-refractivity contribution in [3.63, 3.8) is 0 Å². The van der Waals surface area contributed by atoms with Crippen molar-refractivity contribution in [2.45, 2.75) is 34.1 Å². The first-order valence-corrected chi connectivity index (χ1v) is 7.18. The van der Waals surface area contributed by atoms with E-state index < -0.39 is 0 Å². The van der Waals surface area contributed by atoms with Gasteiger partial charge in [-0.25, -0.2) is 0 Å². The molecular formula is C15H24BrN. The van der Waals surface area contributed by atoms with Gasteiger partial charge in [0.15, 0.2) is 0 Å². The molecule has 0 aliphatic heterocycles. The van der Waals surface area contributed by atoms with Gasteiger partial charge in [-0.1, -0.05) is 55.8 Å². The molecule has 0 amide bonds. The molecule has 1 aromatic carbocycles. The normalized spacial score (nSPS) is 13.7. The zero-order valence-corrected chi connectivity index (χ0v) is 13.0. The minimum atomic E-state index is 0.343. The summed E-state index contributed by atoms with van der Waals surface area (Å²) in [5.41, 5.74) is 1.76. The fourth-order valence-corrected chi connectivity index (χ4v) is 2.17. The molecule has 1 rings (SSSR count). The number of halogens is 1. The zero-order valence-electron chi connectivity index (χ0n) is 11.4. The second kappa shape index (κ2) is 6.55. The molecule has 0 saturated carbocycles. The van der Waals surface area contributed by atoms with Crippen LogP contribution in [0.2, 0.25) is 0 Å². The standard InChI is InChI=1S/C15H24BrN/c1-5-17-11-13(15(2,3)4)10-12-6-8-14(16)9-7-12/h6-9,13,17H,5,10-11H2,1-4H3. The molecule has 0 aliphatic rings. The first-order chi connectivity index (χ1) is 7.93. The first kappa shape index (κ1) is 14.7. The number of hydrogen-bond acceptors (Lipinski definition) is 1. The summed E-state index contributed by atoms with van der Waals surface area (Å²) in [4.78, 5) is 0. The largest absolute Gasteiger partial charge is 0.317 e. The third kappa shape index (κ3) is 5.22. The highest BCUT2D eigenvalue weighted by Gasteiger charge is 2.24. The van der Waals surface area contributed by atoms with E-state index in [9.17, 15) is 0 Å². The van der Waals surface area contributed by atoms with Gasteiger partial charge in [-0.3, -0.25) is 0 Å². The quantitative estimate of drug-likeness (QED) is 0.856. The van der Waals surface area contributed by atoms with Crippen molar-refractivity contribution in [2.75, 3.05) is 13.1 Å². The van der Waals surface area contributed by atoms with Crippen molar-refractivity contribution in [1.29, 1.82) is 0 Å². The van der Waals surface area contributed by atoms with Crippen molar-refractivity contribution in [2.24, 2.45) is 11.3 Å². The van der Waals surface area contributed by atoms with E-state index in [1.165, 1.54) is 5.56 Å². The predicted molar refractivity (Wildman–Crippen MR) is 79.3 cm³/mol. The maximum atomic E-state index is 3.48. The molecule has 0 spiro atoms. The minimum absolute atomic E-state index is 0.343. The van der Waals surface area contributed by atoms with Gasteiger partial charge in [0.25, 0.3) is 0 Å². The highest BCUT2D eigenvalue weighted by atomic mass is 79.9. The van der Waals surface area contributed by atoms with Crippen LogP contribution >= 0.6 is 15.9 Å². The smallest absolute Gasteiger partial charge is 0.0175 e. The van der Waals surface area contributed by atoms with E-state index >= 15 is 0 Å². The monoisotopic (exact) mass is 297 g/mol. The maximum absolute atomic E-state index is 3.48. The summed E-state index contributed by atoms with van der Waals surface area (Å²) in [5, 5.41) is 3.48. The van der Waals surface area contributed by atoms with Gasteiger partial charge in [-0.2, -0.15) is 0 Å². The van der Waals surface area contributed by atoms with Crippen LogP contribution in [-0.2, 0) is 6.42 Å². The van der Waals surface area contributed by atoms with Crippen LogP contribution in [0.1, 0.15) is 33.3 Å². The third-order valence-corrected chi connectivity index (χ3v) is 3.79. The molecule has 0 aliphatic carbocycles. The van der Waals surface area contributed by atoms with Gasteiger partial charge < -0.3 is 5.32 Å². The molecule has 2 heteroatoms. The Balaban J connectivity index is 2.68. The minimum Gasteiger partial charge on any atom is -0.317 e. The lowest BCUT2D eigenvalue weighted by Gasteiger charge is -2.31. The number of hydrogen-bond donors (Lipinski definition) is 1. The van der Waals surface area contributed by atoms with Crippen molar-refractivity contribution < 1.29 is 0 Å². The predicted octanol–water partition coefficient (Wildman–Crippen LogP) is 4.26. The second-order valence-corrected chi connectivity index (χ2v) is 6.62. The number of nitrogens with one attached hydrogen (secondary N) is 1. The molecule has 0 fully saturated rings. The summed E-state index contributed by atoms with van der Waals surface area (Å²) in [6, 6.07) is 8.69. The van der Waals surface area contributed by atoms with Crippen molar-refractivity contribution >= 4 is 15.9 Å². The van der Waals surface area contributed by atoms with E-state index in [2.05, 4.69) is 73.2 Å². The molecule has 17 heavy (non-hydrogen) atoms. The fraction of sp³-hybridized carbons (Fsp3) is 0.600. The van der Waals surface area contributed by atoms with Crippen LogP contribution < -0.4 is 5.32 Å². The van der Waals surface area contributed by atoms with E-state index in [4.69, 9.17) is 0 Å². The van der Waals surface area contributed by atoms with Crippen LogP contribution in [0.5, 0.6) is 0 Å². The Hall–Kier alpha value is -0.340. The van der Waals surface area contributed by atoms with Crippen LogP contribution in [0.4, 0.5) is 0 Å². The fourth-order valence-electron chi connectivity index (χ4n) is 1.91. The Labute approximate surface area is 114 Å². The van der Waals surface area contributed by atoms with Crippen LogP contribution in [0.15, 0.2) is 28.7 Å². The van der Waals surface area contributed by atoms with Crippen molar-refractivity contribution in [1.82, 2.24) is 5.32 Å². The molecule has 96 valence electrons. The Bertz CT molecular complexity index is 324. The van der Waals surface area contributed by atoms with Gasteiger partial charge in [0.2, 0.25) is 0 Å². The molecule has 0 bridgehead atoms. The van der Waals surface area contributed by atoms with E-state index in [1.54, 1.807) is 0 Å². The third-order valence-electron chi connectivity index (χ3n) is 3.26. The van der Waals surface area contributed by atoms with E-state index in [0.717, 1.165) is 24.0 Å². The van der Waals surface area contributed by atoms with Gasteiger partial charge in [0, 0.05) is 4.47 Å². The molecule has 1 atom stereocenters. The molecule has 0 saturated heterocycles. The molecule has 1 nitrogen and oxygen atoms in total. The van der Waals surface area contributed by atoms with Crippen LogP contribution in [-0.4, -0.2) is 13.1 Å². The molecule has 0 radical (unpaired) electrons.